The summed E-state index contributed by atoms with van der Waals surface area (Å²) in [6.45, 7) is 0. The molecule has 1 heterocycles. The summed E-state index contributed by atoms with van der Waals surface area (Å²) in [4.78, 5) is 10.8. The van der Waals surface area contributed by atoms with E-state index in [1.807, 2.05) is 18.2 Å². The van der Waals surface area contributed by atoms with Crippen molar-refractivity contribution in [2.75, 3.05) is 0 Å². The normalized spacial score (nSPS) is 13.6. The van der Waals surface area contributed by atoms with Gasteiger partial charge in [-0.1, -0.05) is 23.3 Å². The van der Waals surface area contributed by atoms with E-state index in [2.05, 4.69) is 10.2 Å². The molecule has 2 amide bonds. The third-order valence-electron chi connectivity index (χ3n) is 1.77. The van der Waals surface area contributed by atoms with E-state index in [-0.39, 0.29) is 0 Å². The number of benzene rings is 1. The molecule has 5 heteroatoms. The van der Waals surface area contributed by atoms with Crippen molar-refractivity contribution in [1.29, 1.82) is 0 Å². The van der Waals surface area contributed by atoms with Crippen LogP contribution in [0.4, 0.5) is 4.79 Å². The SMILES string of the molecule is NC(=O)N1N=CC=c2ccccc2=N1. The Morgan fingerprint density at radius 2 is 2.14 bits per heavy atom. The maximum atomic E-state index is 10.8. The zero-order valence-corrected chi connectivity index (χ0v) is 7.29. The zero-order valence-electron chi connectivity index (χ0n) is 7.29. The number of hydrogen-bond donors (Lipinski definition) is 1. The third-order valence-corrected chi connectivity index (χ3v) is 1.77. The van der Waals surface area contributed by atoms with E-state index in [0.717, 1.165) is 10.3 Å². The van der Waals surface area contributed by atoms with E-state index in [4.69, 9.17) is 5.73 Å². The summed E-state index contributed by atoms with van der Waals surface area (Å²) in [5.74, 6) is 0. The molecule has 2 rings (SSSR count). The van der Waals surface area contributed by atoms with Crippen LogP contribution in [0.5, 0.6) is 0 Å². The summed E-state index contributed by atoms with van der Waals surface area (Å²) in [6, 6.07) is 6.69. The van der Waals surface area contributed by atoms with Crippen LogP contribution in [0.1, 0.15) is 0 Å². The Hall–Kier alpha value is -2.17. The van der Waals surface area contributed by atoms with Gasteiger partial charge in [0.1, 0.15) is 0 Å². The van der Waals surface area contributed by atoms with Crippen molar-refractivity contribution in [1.82, 2.24) is 5.12 Å². The Morgan fingerprint density at radius 3 is 2.93 bits per heavy atom. The number of hydrazone groups is 1. The van der Waals surface area contributed by atoms with Crippen LogP contribution in [-0.2, 0) is 0 Å². The Labute approximate surface area is 79.8 Å². The Morgan fingerprint density at radius 1 is 1.36 bits per heavy atom. The van der Waals surface area contributed by atoms with Crippen LogP contribution < -0.4 is 16.3 Å². The van der Waals surface area contributed by atoms with E-state index in [1.54, 1.807) is 12.1 Å². The minimum atomic E-state index is -0.702. The summed E-state index contributed by atoms with van der Waals surface area (Å²) in [5, 5.41) is 10.2. The second kappa shape index (κ2) is 3.29. The largest absolute Gasteiger partial charge is 0.356 e. The topological polar surface area (TPSA) is 71.1 Å². The number of fused-ring (bicyclic) bond motifs is 1. The van der Waals surface area contributed by atoms with Crippen molar-refractivity contribution in [3.8, 4) is 0 Å². The highest BCUT2D eigenvalue weighted by molar-refractivity contribution is 5.91. The maximum absolute atomic E-state index is 10.8. The van der Waals surface area contributed by atoms with Gasteiger partial charge < -0.3 is 5.73 Å². The third kappa shape index (κ3) is 1.47. The summed E-state index contributed by atoms with van der Waals surface area (Å²) in [6.07, 6.45) is 3.25. The fourth-order valence-corrected chi connectivity index (χ4v) is 1.13. The summed E-state index contributed by atoms with van der Waals surface area (Å²) in [7, 11) is 0. The molecule has 1 aromatic carbocycles. The summed E-state index contributed by atoms with van der Waals surface area (Å²) < 4.78 is 0. The van der Waals surface area contributed by atoms with Crippen LogP contribution in [0.25, 0.3) is 6.08 Å². The number of hydrogen-bond acceptors (Lipinski definition) is 3. The van der Waals surface area contributed by atoms with Crippen molar-refractivity contribution in [2.24, 2.45) is 15.9 Å². The molecule has 0 fully saturated rings. The van der Waals surface area contributed by atoms with E-state index in [0.29, 0.717) is 5.36 Å². The molecule has 0 bridgehead atoms. The lowest BCUT2D eigenvalue weighted by atomic mass is 10.3. The maximum Gasteiger partial charge on any atom is 0.356 e. The zero-order chi connectivity index (χ0) is 9.97. The molecule has 70 valence electrons. The van der Waals surface area contributed by atoms with Gasteiger partial charge in [-0.2, -0.15) is 5.10 Å². The van der Waals surface area contributed by atoms with Crippen LogP contribution in [0.15, 0.2) is 34.5 Å². The highest BCUT2D eigenvalue weighted by atomic mass is 16.2. The molecule has 0 atom stereocenters. The minimum Gasteiger partial charge on any atom is -0.348 e. The Kier molecular flexibility index (Phi) is 1.98. The average Bonchev–Trinajstić information content (AvgIpc) is 2.39. The van der Waals surface area contributed by atoms with Crippen LogP contribution >= 0.6 is 0 Å². The summed E-state index contributed by atoms with van der Waals surface area (Å²) >= 11 is 0. The second-order valence-corrected chi connectivity index (χ2v) is 2.72. The van der Waals surface area contributed by atoms with E-state index >= 15 is 0 Å². The molecule has 0 aromatic heterocycles. The first-order valence-electron chi connectivity index (χ1n) is 4.05. The van der Waals surface area contributed by atoms with Gasteiger partial charge in [0.05, 0.1) is 11.6 Å². The van der Waals surface area contributed by atoms with Gasteiger partial charge in [-0.3, -0.25) is 0 Å². The van der Waals surface area contributed by atoms with E-state index in [9.17, 15) is 4.79 Å². The number of nitrogens with two attached hydrogens (primary N) is 1. The van der Waals surface area contributed by atoms with Gasteiger partial charge in [0, 0.05) is 5.22 Å². The molecule has 0 radical (unpaired) electrons. The Balaban J connectivity index is 2.63. The molecular weight excluding hydrogens is 180 g/mol. The van der Waals surface area contributed by atoms with E-state index in [1.165, 1.54) is 6.21 Å². The standard InChI is InChI=1S/C9H8N4O/c10-9(14)13-11-6-5-7-3-1-2-4-8(7)12-13/h1-6H,(H2,10,14). The fraction of sp³-hybridized carbons (Fsp3) is 0. The quantitative estimate of drug-likeness (QED) is 0.579. The molecule has 0 saturated heterocycles. The van der Waals surface area contributed by atoms with E-state index < -0.39 is 6.03 Å². The van der Waals surface area contributed by atoms with Crippen LogP contribution in [-0.4, -0.2) is 17.4 Å². The van der Waals surface area contributed by atoms with Crippen molar-refractivity contribution in [3.05, 3.63) is 34.8 Å². The first kappa shape index (κ1) is 8.43. The lowest BCUT2D eigenvalue weighted by Crippen LogP contribution is -2.31. The smallest absolute Gasteiger partial charge is 0.348 e. The number of primary amides is 1. The van der Waals surface area contributed by atoms with Gasteiger partial charge in [0.2, 0.25) is 0 Å². The molecular formula is C9H8N4O. The van der Waals surface area contributed by atoms with Crippen molar-refractivity contribution >= 4 is 18.3 Å². The van der Waals surface area contributed by atoms with Gasteiger partial charge in [-0.15, -0.1) is 5.10 Å². The van der Waals surface area contributed by atoms with Gasteiger partial charge in [0.15, 0.2) is 0 Å². The monoisotopic (exact) mass is 188 g/mol. The highest BCUT2D eigenvalue weighted by Crippen LogP contribution is 1.89. The predicted octanol–water partition coefficient (Wildman–Crippen LogP) is -0.618. The number of carbonyl (C=O) groups excluding carboxylic acids is 1. The molecule has 5 nitrogen and oxygen atoms in total. The van der Waals surface area contributed by atoms with Gasteiger partial charge in [0.25, 0.3) is 0 Å². The van der Waals surface area contributed by atoms with Crippen LogP contribution in [0.2, 0.25) is 0 Å². The first-order chi connectivity index (χ1) is 6.77. The summed E-state index contributed by atoms with van der Waals surface area (Å²) in [5.41, 5.74) is 5.06. The number of urea groups is 1. The number of rotatable bonds is 0. The molecule has 1 aromatic rings. The molecule has 0 saturated carbocycles. The van der Waals surface area contributed by atoms with Crippen molar-refractivity contribution in [3.63, 3.8) is 0 Å². The predicted molar refractivity (Wildman–Crippen MR) is 51.6 cm³/mol. The van der Waals surface area contributed by atoms with Gasteiger partial charge >= 0.3 is 6.03 Å². The van der Waals surface area contributed by atoms with Gasteiger partial charge in [-0.25, -0.2) is 4.79 Å². The Bertz CT molecular complexity index is 506. The average molecular weight is 188 g/mol. The lowest BCUT2D eigenvalue weighted by Gasteiger charge is -2.04. The number of amides is 2. The number of carbonyl (C=O) groups is 1. The molecule has 0 aliphatic carbocycles. The molecule has 0 spiro atoms. The molecule has 1 aliphatic heterocycles. The molecule has 1 aliphatic rings. The fourth-order valence-electron chi connectivity index (χ4n) is 1.13. The molecule has 0 unspecified atom stereocenters. The van der Waals surface area contributed by atoms with Crippen molar-refractivity contribution < 1.29 is 4.79 Å². The molecule has 14 heavy (non-hydrogen) atoms. The lowest BCUT2D eigenvalue weighted by molar-refractivity contribution is 0.210. The molecule has 2 N–H and O–H groups in total. The second-order valence-electron chi connectivity index (χ2n) is 2.72. The number of nitrogens with zero attached hydrogens (tertiary/aromatic N) is 3. The van der Waals surface area contributed by atoms with Crippen LogP contribution in [0, 0.1) is 0 Å². The first-order valence-corrected chi connectivity index (χ1v) is 4.05. The van der Waals surface area contributed by atoms with Crippen molar-refractivity contribution in [2.45, 2.75) is 0 Å². The van der Waals surface area contributed by atoms with Gasteiger partial charge in [-0.05, 0) is 12.1 Å². The minimum absolute atomic E-state index is 0.670. The highest BCUT2D eigenvalue weighted by Gasteiger charge is 2.05. The van der Waals surface area contributed by atoms with Crippen LogP contribution in [0.3, 0.4) is 0 Å².